The van der Waals surface area contributed by atoms with Crippen molar-refractivity contribution in [3.8, 4) is 0 Å². The first kappa shape index (κ1) is 14.8. The highest BCUT2D eigenvalue weighted by molar-refractivity contribution is 5.88. The van der Waals surface area contributed by atoms with E-state index >= 15 is 0 Å². The lowest BCUT2D eigenvalue weighted by Gasteiger charge is -2.08. The Morgan fingerprint density at radius 3 is 2.10 bits per heavy atom. The number of hydrogen-bond donors (Lipinski definition) is 2. The van der Waals surface area contributed by atoms with E-state index in [0.717, 1.165) is 6.07 Å². The van der Waals surface area contributed by atoms with Gasteiger partial charge in [-0.1, -0.05) is 0 Å². The van der Waals surface area contributed by atoms with E-state index in [0.29, 0.717) is 11.4 Å². The third-order valence-corrected chi connectivity index (χ3v) is 2.43. The Morgan fingerprint density at radius 1 is 1.00 bits per heavy atom. The molecule has 0 fully saturated rings. The lowest BCUT2D eigenvalue weighted by molar-refractivity contribution is -0.141. The van der Waals surface area contributed by atoms with Crippen LogP contribution in [0, 0.1) is 0 Å². The number of nitrogens with one attached hydrogen (secondary N) is 2. The summed E-state index contributed by atoms with van der Waals surface area (Å²) in [5.41, 5.74) is 0.179. The van der Waals surface area contributed by atoms with Crippen molar-refractivity contribution in [3.05, 3.63) is 42.1 Å². The molecule has 1 aromatic carbocycles. The van der Waals surface area contributed by atoms with E-state index in [-0.39, 0.29) is 11.7 Å². The summed E-state index contributed by atoms with van der Waals surface area (Å²) in [6.07, 6.45) is -4.51. The SMILES string of the molecule is CC(=O)Nc1ccc(Nc2ccc(C(F)(F)F)nn2)cc1. The Kier molecular flexibility index (Phi) is 4.06. The maximum absolute atomic E-state index is 12.3. The van der Waals surface area contributed by atoms with E-state index in [4.69, 9.17) is 0 Å². The zero-order valence-electron chi connectivity index (χ0n) is 10.9. The van der Waals surface area contributed by atoms with Gasteiger partial charge in [0.1, 0.15) is 0 Å². The first-order valence-electron chi connectivity index (χ1n) is 5.90. The second kappa shape index (κ2) is 5.78. The maximum atomic E-state index is 12.3. The molecule has 0 aliphatic carbocycles. The number of anilines is 3. The molecular weight excluding hydrogens is 285 g/mol. The van der Waals surface area contributed by atoms with Crippen LogP contribution in [0.15, 0.2) is 36.4 Å². The molecule has 2 aromatic rings. The second-order valence-corrected chi connectivity index (χ2v) is 4.19. The number of alkyl halides is 3. The van der Waals surface area contributed by atoms with E-state index in [1.807, 2.05) is 0 Å². The predicted molar refractivity (Wildman–Crippen MR) is 71.1 cm³/mol. The Morgan fingerprint density at radius 2 is 1.62 bits per heavy atom. The van der Waals surface area contributed by atoms with Crippen molar-refractivity contribution in [3.63, 3.8) is 0 Å². The predicted octanol–water partition coefficient (Wildman–Crippen LogP) is 3.20. The van der Waals surface area contributed by atoms with E-state index < -0.39 is 11.9 Å². The lowest BCUT2D eigenvalue weighted by atomic mass is 10.2. The molecule has 0 bridgehead atoms. The summed E-state index contributed by atoms with van der Waals surface area (Å²) in [7, 11) is 0. The van der Waals surface area contributed by atoms with Crippen LogP contribution in [-0.2, 0) is 11.0 Å². The standard InChI is InChI=1S/C13H11F3N4O/c1-8(21)17-9-2-4-10(5-3-9)18-12-7-6-11(19-20-12)13(14,15)16/h2-7H,1H3,(H,17,21)(H,18,20). The Labute approximate surface area is 118 Å². The molecule has 0 aliphatic heterocycles. The molecule has 0 aliphatic rings. The van der Waals surface area contributed by atoms with Gasteiger partial charge in [-0.15, -0.1) is 10.2 Å². The quantitative estimate of drug-likeness (QED) is 0.912. The number of nitrogens with zero attached hydrogens (tertiary/aromatic N) is 2. The van der Waals surface area contributed by atoms with Crippen LogP contribution in [0.1, 0.15) is 12.6 Å². The summed E-state index contributed by atoms with van der Waals surface area (Å²) in [5.74, 6) is -0.000377. The van der Waals surface area contributed by atoms with Crippen LogP contribution >= 0.6 is 0 Å². The van der Waals surface area contributed by atoms with Crippen LogP contribution in [0.2, 0.25) is 0 Å². The molecule has 0 unspecified atom stereocenters. The summed E-state index contributed by atoms with van der Waals surface area (Å²) < 4.78 is 37.0. The second-order valence-electron chi connectivity index (χ2n) is 4.19. The number of carbonyl (C=O) groups is 1. The van der Waals surface area contributed by atoms with Gasteiger partial charge in [-0.3, -0.25) is 4.79 Å². The van der Waals surface area contributed by atoms with Gasteiger partial charge in [0.2, 0.25) is 5.91 Å². The topological polar surface area (TPSA) is 66.9 Å². The molecule has 0 spiro atoms. The minimum Gasteiger partial charge on any atom is -0.339 e. The van der Waals surface area contributed by atoms with Crippen molar-refractivity contribution in [1.29, 1.82) is 0 Å². The van der Waals surface area contributed by atoms with Crippen molar-refractivity contribution in [1.82, 2.24) is 10.2 Å². The first-order chi connectivity index (χ1) is 9.84. The van der Waals surface area contributed by atoms with Gasteiger partial charge >= 0.3 is 6.18 Å². The third kappa shape index (κ3) is 4.16. The van der Waals surface area contributed by atoms with E-state index in [1.165, 1.54) is 13.0 Å². The van der Waals surface area contributed by atoms with Gasteiger partial charge in [-0.2, -0.15) is 13.2 Å². The van der Waals surface area contributed by atoms with Gasteiger partial charge in [0.05, 0.1) is 0 Å². The zero-order chi connectivity index (χ0) is 15.5. The maximum Gasteiger partial charge on any atom is 0.435 e. The highest BCUT2D eigenvalue weighted by Crippen LogP contribution is 2.27. The van der Waals surface area contributed by atoms with Crippen LogP contribution in [0.5, 0.6) is 0 Å². The number of carbonyl (C=O) groups excluding carboxylic acids is 1. The van der Waals surface area contributed by atoms with Crippen LogP contribution in [0.25, 0.3) is 0 Å². The largest absolute Gasteiger partial charge is 0.435 e. The molecule has 0 atom stereocenters. The summed E-state index contributed by atoms with van der Waals surface area (Å²) in [4.78, 5) is 10.9. The third-order valence-electron chi connectivity index (χ3n) is 2.43. The summed E-state index contributed by atoms with van der Waals surface area (Å²) in [6.45, 7) is 1.39. The van der Waals surface area contributed by atoms with Crippen LogP contribution < -0.4 is 10.6 Å². The van der Waals surface area contributed by atoms with Gasteiger partial charge in [0, 0.05) is 18.3 Å². The molecule has 2 N–H and O–H groups in total. The number of halogens is 3. The Hall–Kier alpha value is -2.64. The van der Waals surface area contributed by atoms with Crippen LogP contribution in [0.3, 0.4) is 0 Å². The Bertz CT molecular complexity index is 623. The normalized spacial score (nSPS) is 11.0. The van der Waals surface area contributed by atoms with Crippen molar-refractivity contribution in [2.75, 3.05) is 10.6 Å². The van der Waals surface area contributed by atoms with Crippen molar-refractivity contribution in [2.45, 2.75) is 13.1 Å². The van der Waals surface area contributed by atoms with Gasteiger partial charge in [-0.05, 0) is 36.4 Å². The molecule has 1 aromatic heterocycles. The smallest absolute Gasteiger partial charge is 0.339 e. The van der Waals surface area contributed by atoms with Crippen molar-refractivity contribution in [2.24, 2.45) is 0 Å². The fourth-order valence-corrected chi connectivity index (χ4v) is 1.54. The monoisotopic (exact) mass is 296 g/mol. The summed E-state index contributed by atoms with van der Waals surface area (Å²) in [5, 5.41) is 12.0. The van der Waals surface area contributed by atoms with Crippen LogP contribution in [0.4, 0.5) is 30.4 Å². The molecule has 8 heteroatoms. The molecule has 1 amide bonds. The van der Waals surface area contributed by atoms with Gasteiger partial charge in [0.25, 0.3) is 0 Å². The fraction of sp³-hybridized carbons (Fsp3) is 0.154. The Balaban J connectivity index is 2.06. The highest BCUT2D eigenvalue weighted by Gasteiger charge is 2.32. The molecular formula is C13H11F3N4O. The van der Waals surface area contributed by atoms with E-state index in [2.05, 4.69) is 20.8 Å². The number of amides is 1. The number of hydrogen-bond acceptors (Lipinski definition) is 4. The van der Waals surface area contributed by atoms with Crippen LogP contribution in [-0.4, -0.2) is 16.1 Å². The summed E-state index contributed by atoms with van der Waals surface area (Å²) in [6, 6.07) is 8.66. The molecule has 0 saturated heterocycles. The first-order valence-corrected chi connectivity index (χ1v) is 5.90. The van der Waals surface area contributed by atoms with Crippen molar-refractivity contribution < 1.29 is 18.0 Å². The number of aromatic nitrogens is 2. The molecule has 1 heterocycles. The van der Waals surface area contributed by atoms with Gasteiger partial charge in [0.15, 0.2) is 11.5 Å². The molecule has 0 radical (unpaired) electrons. The number of benzene rings is 1. The van der Waals surface area contributed by atoms with Gasteiger partial charge < -0.3 is 10.6 Å². The van der Waals surface area contributed by atoms with Gasteiger partial charge in [-0.25, -0.2) is 0 Å². The average Bonchev–Trinajstić information content (AvgIpc) is 2.40. The average molecular weight is 296 g/mol. The minimum absolute atomic E-state index is 0.190. The lowest BCUT2D eigenvalue weighted by Crippen LogP contribution is -2.09. The molecule has 5 nitrogen and oxygen atoms in total. The summed E-state index contributed by atoms with van der Waals surface area (Å²) >= 11 is 0. The highest BCUT2D eigenvalue weighted by atomic mass is 19.4. The molecule has 2 rings (SSSR count). The van der Waals surface area contributed by atoms with Crippen molar-refractivity contribution >= 4 is 23.1 Å². The number of rotatable bonds is 3. The fourth-order valence-electron chi connectivity index (χ4n) is 1.54. The zero-order valence-corrected chi connectivity index (χ0v) is 10.9. The minimum atomic E-state index is -4.51. The molecule has 21 heavy (non-hydrogen) atoms. The van der Waals surface area contributed by atoms with E-state index in [9.17, 15) is 18.0 Å². The molecule has 0 saturated carbocycles. The van der Waals surface area contributed by atoms with E-state index in [1.54, 1.807) is 24.3 Å². The molecule has 110 valence electrons.